The molecular weight excluding hydrogens is 246 g/mol. The lowest BCUT2D eigenvalue weighted by molar-refractivity contribution is 0.287. The average molecular weight is 271 g/mol. The van der Waals surface area contributed by atoms with Crippen LogP contribution >= 0.6 is 0 Å². The molecule has 1 aromatic carbocycles. The van der Waals surface area contributed by atoms with Crippen molar-refractivity contribution in [2.45, 2.75) is 26.8 Å². The third-order valence-corrected chi connectivity index (χ3v) is 3.59. The van der Waals surface area contributed by atoms with Crippen LogP contribution in [-0.4, -0.2) is 36.1 Å². The smallest absolute Gasteiger partial charge is 0.0702 e. The zero-order chi connectivity index (χ0) is 14.2. The molecule has 2 rings (SSSR count). The maximum absolute atomic E-state index is 4.35. The zero-order valence-electron chi connectivity index (χ0n) is 12.6. The Morgan fingerprint density at radius 1 is 1.15 bits per heavy atom. The maximum atomic E-state index is 4.35. The van der Waals surface area contributed by atoms with Crippen molar-refractivity contribution in [1.29, 1.82) is 0 Å². The van der Waals surface area contributed by atoms with E-state index in [-0.39, 0.29) is 0 Å². The molecule has 1 aromatic heterocycles. The summed E-state index contributed by atoms with van der Waals surface area (Å²) in [6.45, 7) is 9.88. The largest absolute Gasteiger partial charge is 0.311 e. The number of pyridine rings is 1. The minimum Gasteiger partial charge on any atom is -0.311 e. The molecule has 0 amide bonds. The summed E-state index contributed by atoms with van der Waals surface area (Å²) in [5.74, 6) is 0. The van der Waals surface area contributed by atoms with Gasteiger partial charge in [-0.1, -0.05) is 26.0 Å². The summed E-state index contributed by atoms with van der Waals surface area (Å²) in [5.41, 5.74) is 2.39. The predicted octanol–water partition coefficient (Wildman–Crippen LogP) is 3.06. The van der Waals surface area contributed by atoms with Crippen molar-refractivity contribution in [2.75, 3.05) is 26.2 Å². The fourth-order valence-electron chi connectivity index (χ4n) is 2.45. The summed E-state index contributed by atoms with van der Waals surface area (Å²) in [5, 5.41) is 4.74. The van der Waals surface area contributed by atoms with Crippen molar-refractivity contribution in [2.24, 2.45) is 0 Å². The Kier molecular flexibility index (Phi) is 5.96. The second-order valence-electron chi connectivity index (χ2n) is 5.14. The van der Waals surface area contributed by atoms with Crippen LogP contribution in [0.25, 0.3) is 10.9 Å². The molecule has 0 unspecified atom stereocenters. The molecule has 20 heavy (non-hydrogen) atoms. The Bertz CT molecular complexity index is 524. The van der Waals surface area contributed by atoms with E-state index in [0.29, 0.717) is 0 Å². The SMILES string of the molecule is CCCN(CC)CCNCc1ccc2ncccc2c1. The van der Waals surface area contributed by atoms with Gasteiger partial charge in [-0.3, -0.25) is 4.98 Å². The summed E-state index contributed by atoms with van der Waals surface area (Å²) in [6.07, 6.45) is 3.07. The van der Waals surface area contributed by atoms with E-state index in [1.165, 1.54) is 23.9 Å². The van der Waals surface area contributed by atoms with Crippen LogP contribution in [0.1, 0.15) is 25.8 Å². The third kappa shape index (κ3) is 4.29. The summed E-state index contributed by atoms with van der Waals surface area (Å²) in [7, 11) is 0. The molecule has 0 saturated heterocycles. The van der Waals surface area contributed by atoms with Crippen LogP contribution in [0.15, 0.2) is 36.5 Å². The molecule has 0 aliphatic heterocycles. The van der Waals surface area contributed by atoms with Gasteiger partial charge in [0.2, 0.25) is 0 Å². The monoisotopic (exact) mass is 271 g/mol. The van der Waals surface area contributed by atoms with E-state index in [1.54, 1.807) is 0 Å². The lowest BCUT2D eigenvalue weighted by atomic mass is 10.1. The molecule has 1 N–H and O–H groups in total. The van der Waals surface area contributed by atoms with Crippen LogP contribution < -0.4 is 5.32 Å². The Labute approximate surface area is 122 Å². The number of aromatic nitrogens is 1. The Morgan fingerprint density at radius 2 is 2.05 bits per heavy atom. The normalized spacial score (nSPS) is 11.3. The first-order valence-corrected chi connectivity index (χ1v) is 7.60. The van der Waals surface area contributed by atoms with E-state index in [9.17, 15) is 0 Å². The average Bonchev–Trinajstić information content (AvgIpc) is 2.50. The molecule has 0 bridgehead atoms. The second-order valence-corrected chi connectivity index (χ2v) is 5.14. The lowest BCUT2D eigenvalue weighted by Gasteiger charge is -2.19. The molecule has 0 atom stereocenters. The number of nitrogens with one attached hydrogen (secondary N) is 1. The highest BCUT2D eigenvalue weighted by Crippen LogP contribution is 2.12. The number of rotatable bonds is 8. The topological polar surface area (TPSA) is 28.2 Å². The van der Waals surface area contributed by atoms with E-state index < -0.39 is 0 Å². The van der Waals surface area contributed by atoms with Crippen molar-refractivity contribution >= 4 is 10.9 Å². The molecule has 0 aliphatic rings. The molecule has 0 radical (unpaired) electrons. The fraction of sp³-hybridized carbons (Fsp3) is 0.471. The first kappa shape index (κ1) is 14.9. The van der Waals surface area contributed by atoms with Gasteiger partial charge in [0.15, 0.2) is 0 Å². The van der Waals surface area contributed by atoms with Gasteiger partial charge in [-0.05, 0) is 43.3 Å². The highest BCUT2D eigenvalue weighted by Gasteiger charge is 2.00. The molecule has 0 fully saturated rings. The van der Waals surface area contributed by atoms with Gasteiger partial charge in [0.05, 0.1) is 5.52 Å². The van der Waals surface area contributed by atoms with Gasteiger partial charge in [-0.15, -0.1) is 0 Å². The fourth-order valence-corrected chi connectivity index (χ4v) is 2.45. The lowest BCUT2D eigenvalue weighted by Crippen LogP contribution is -2.32. The summed E-state index contributed by atoms with van der Waals surface area (Å²) < 4.78 is 0. The van der Waals surface area contributed by atoms with Gasteiger partial charge in [0, 0.05) is 31.2 Å². The van der Waals surface area contributed by atoms with Crippen molar-refractivity contribution in [1.82, 2.24) is 15.2 Å². The summed E-state index contributed by atoms with van der Waals surface area (Å²) >= 11 is 0. The first-order chi connectivity index (χ1) is 9.83. The minimum atomic E-state index is 0.925. The van der Waals surface area contributed by atoms with Gasteiger partial charge in [0.25, 0.3) is 0 Å². The summed E-state index contributed by atoms with van der Waals surface area (Å²) in [4.78, 5) is 6.83. The van der Waals surface area contributed by atoms with Crippen molar-refractivity contribution < 1.29 is 0 Å². The highest BCUT2D eigenvalue weighted by atomic mass is 15.1. The minimum absolute atomic E-state index is 0.925. The molecular formula is C17H25N3. The zero-order valence-corrected chi connectivity index (χ0v) is 12.6. The van der Waals surface area contributed by atoms with Gasteiger partial charge in [0.1, 0.15) is 0 Å². The van der Waals surface area contributed by atoms with Crippen LogP contribution in [-0.2, 0) is 6.54 Å². The van der Waals surface area contributed by atoms with E-state index in [2.05, 4.69) is 53.3 Å². The first-order valence-electron chi connectivity index (χ1n) is 7.60. The molecule has 3 heteroatoms. The predicted molar refractivity (Wildman–Crippen MR) is 85.9 cm³/mol. The maximum Gasteiger partial charge on any atom is 0.0702 e. The van der Waals surface area contributed by atoms with Crippen LogP contribution in [0.2, 0.25) is 0 Å². The van der Waals surface area contributed by atoms with Crippen LogP contribution in [0.4, 0.5) is 0 Å². The number of nitrogens with zero attached hydrogens (tertiary/aromatic N) is 2. The van der Waals surface area contributed by atoms with E-state index in [1.807, 2.05) is 12.3 Å². The molecule has 0 spiro atoms. The van der Waals surface area contributed by atoms with Crippen molar-refractivity contribution in [3.8, 4) is 0 Å². The number of likely N-dealkylation sites (N-methyl/N-ethyl adjacent to an activating group) is 1. The van der Waals surface area contributed by atoms with Gasteiger partial charge in [-0.2, -0.15) is 0 Å². The molecule has 0 saturated carbocycles. The van der Waals surface area contributed by atoms with E-state index in [0.717, 1.165) is 31.7 Å². The number of hydrogen-bond donors (Lipinski definition) is 1. The van der Waals surface area contributed by atoms with Crippen LogP contribution in [0.5, 0.6) is 0 Å². The van der Waals surface area contributed by atoms with E-state index in [4.69, 9.17) is 0 Å². The van der Waals surface area contributed by atoms with Gasteiger partial charge < -0.3 is 10.2 Å². The quantitative estimate of drug-likeness (QED) is 0.748. The van der Waals surface area contributed by atoms with Gasteiger partial charge >= 0.3 is 0 Å². The molecule has 0 aliphatic carbocycles. The summed E-state index contributed by atoms with van der Waals surface area (Å²) in [6, 6.07) is 10.6. The molecule has 2 aromatic rings. The Balaban J connectivity index is 1.80. The van der Waals surface area contributed by atoms with Crippen LogP contribution in [0.3, 0.4) is 0 Å². The second kappa shape index (κ2) is 7.98. The number of fused-ring (bicyclic) bond motifs is 1. The Morgan fingerprint density at radius 3 is 2.85 bits per heavy atom. The number of benzene rings is 1. The van der Waals surface area contributed by atoms with E-state index >= 15 is 0 Å². The number of hydrogen-bond acceptors (Lipinski definition) is 3. The molecule has 1 heterocycles. The van der Waals surface area contributed by atoms with Crippen LogP contribution in [0, 0.1) is 0 Å². The molecule has 108 valence electrons. The van der Waals surface area contributed by atoms with Gasteiger partial charge in [-0.25, -0.2) is 0 Å². The van der Waals surface area contributed by atoms with Crippen molar-refractivity contribution in [3.63, 3.8) is 0 Å². The molecule has 3 nitrogen and oxygen atoms in total. The Hall–Kier alpha value is -1.45. The third-order valence-electron chi connectivity index (χ3n) is 3.59. The van der Waals surface area contributed by atoms with Crippen molar-refractivity contribution in [3.05, 3.63) is 42.1 Å². The highest BCUT2D eigenvalue weighted by molar-refractivity contribution is 5.78. The standard InChI is InChI=1S/C17H25N3/c1-3-11-20(4-2)12-10-18-14-15-7-8-17-16(13-15)6-5-9-19-17/h5-9,13,18H,3-4,10-12,14H2,1-2H3.